The fourth-order valence-corrected chi connectivity index (χ4v) is 3.69. The molecule has 0 radical (unpaired) electrons. The molecule has 0 bridgehead atoms. The maximum absolute atomic E-state index is 13.0. The molecular formula is C26H46F3NO5. The summed E-state index contributed by atoms with van der Waals surface area (Å²) in [5.41, 5.74) is -1.18. The number of ether oxygens (including phenoxy) is 2. The third-order valence-electron chi connectivity index (χ3n) is 5.40. The van der Waals surface area contributed by atoms with E-state index < -0.39 is 23.0 Å². The lowest BCUT2D eigenvalue weighted by Crippen LogP contribution is -2.46. The molecule has 0 saturated carbocycles. The van der Waals surface area contributed by atoms with Crippen LogP contribution in [0.1, 0.15) is 84.3 Å². The summed E-state index contributed by atoms with van der Waals surface area (Å²) in [6.45, 7) is 10.6. The topological polar surface area (TPSA) is 88.0 Å². The number of phenolic OH excluding ortho intramolecular Hbond substituents is 1. The lowest BCUT2D eigenvalue weighted by Gasteiger charge is -2.34. The molecule has 3 N–H and O–H groups in total. The molecule has 2 rings (SSSR count). The first-order chi connectivity index (χ1) is 16.6. The Kier molecular flexibility index (Phi) is 19.8. The lowest BCUT2D eigenvalue weighted by atomic mass is 9.83. The minimum absolute atomic E-state index is 0.00467. The summed E-state index contributed by atoms with van der Waals surface area (Å²) in [7, 11) is 2.75. The molecule has 1 aliphatic rings. The maximum Gasteiger partial charge on any atom is 0.419 e. The number of hydrogen-bond donors (Lipinski definition) is 3. The SMILES string of the molecule is CC.CC.CNC(CCOC1CCCCO1)(CCc1ccc(O)c(C(F)(F)F)c1)CC(C)=O.CO. The maximum atomic E-state index is 13.0. The number of alkyl halides is 3. The Morgan fingerprint density at radius 1 is 1.14 bits per heavy atom. The van der Waals surface area contributed by atoms with Gasteiger partial charge < -0.3 is 25.0 Å². The minimum Gasteiger partial charge on any atom is -0.507 e. The number of ketones is 1. The van der Waals surface area contributed by atoms with Crippen LogP contribution in [-0.4, -0.2) is 55.2 Å². The van der Waals surface area contributed by atoms with Gasteiger partial charge >= 0.3 is 6.18 Å². The largest absolute Gasteiger partial charge is 0.507 e. The van der Waals surface area contributed by atoms with Crippen molar-refractivity contribution in [3.8, 4) is 5.75 Å². The summed E-state index contributed by atoms with van der Waals surface area (Å²) >= 11 is 0. The van der Waals surface area contributed by atoms with E-state index in [9.17, 15) is 23.1 Å². The van der Waals surface area contributed by atoms with Crippen LogP contribution >= 0.6 is 0 Å². The van der Waals surface area contributed by atoms with E-state index in [-0.39, 0.29) is 18.5 Å². The summed E-state index contributed by atoms with van der Waals surface area (Å²) in [5.74, 6) is -0.791. The number of aliphatic hydroxyl groups excluding tert-OH is 1. The number of halogens is 3. The number of benzene rings is 1. The lowest BCUT2D eigenvalue weighted by molar-refractivity contribution is -0.165. The van der Waals surface area contributed by atoms with Crippen molar-refractivity contribution in [1.82, 2.24) is 5.32 Å². The zero-order chi connectivity index (χ0) is 27.5. The quantitative estimate of drug-likeness (QED) is 0.365. The molecule has 0 spiro atoms. The van der Waals surface area contributed by atoms with Gasteiger partial charge in [-0.1, -0.05) is 33.8 Å². The number of phenols is 1. The van der Waals surface area contributed by atoms with E-state index >= 15 is 0 Å². The Bertz CT molecular complexity index is 679. The predicted molar refractivity (Wildman–Crippen MR) is 134 cm³/mol. The van der Waals surface area contributed by atoms with Crippen molar-refractivity contribution < 1.29 is 37.7 Å². The van der Waals surface area contributed by atoms with Crippen molar-refractivity contribution in [1.29, 1.82) is 0 Å². The average Bonchev–Trinajstić information content (AvgIpc) is 2.86. The molecule has 2 unspecified atom stereocenters. The van der Waals surface area contributed by atoms with Crippen molar-refractivity contribution in [2.45, 2.75) is 97.6 Å². The van der Waals surface area contributed by atoms with E-state index in [0.29, 0.717) is 38.0 Å². The third kappa shape index (κ3) is 13.8. The summed E-state index contributed by atoms with van der Waals surface area (Å²) < 4.78 is 50.5. The van der Waals surface area contributed by atoms with E-state index in [1.165, 1.54) is 13.0 Å². The number of nitrogens with one attached hydrogen (secondary N) is 1. The van der Waals surface area contributed by atoms with E-state index in [1.807, 2.05) is 27.7 Å². The third-order valence-corrected chi connectivity index (χ3v) is 5.40. The van der Waals surface area contributed by atoms with Crippen LogP contribution in [0.15, 0.2) is 18.2 Å². The molecule has 1 aromatic rings. The Morgan fingerprint density at radius 3 is 2.26 bits per heavy atom. The number of rotatable bonds is 10. The second kappa shape index (κ2) is 19.5. The van der Waals surface area contributed by atoms with Crippen LogP contribution < -0.4 is 5.32 Å². The van der Waals surface area contributed by atoms with Crippen molar-refractivity contribution in [3.63, 3.8) is 0 Å². The van der Waals surface area contributed by atoms with Crippen molar-refractivity contribution in [3.05, 3.63) is 29.3 Å². The first-order valence-electron chi connectivity index (χ1n) is 12.4. The number of aryl methyl sites for hydroxylation is 1. The Hall–Kier alpha value is -1.68. The summed E-state index contributed by atoms with van der Waals surface area (Å²) in [6, 6.07) is 3.51. The summed E-state index contributed by atoms with van der Waals surface area (Å²) in [6.07, 6.45) is -0.357. The van der Waals surface area contributed by atoms with Crippen molar-refractivity contribution in [2.24, 2.45) is 0 Å². The van der Waals surface area contributed by atoms with Crippen LogP contribution in [0.3, 0.4) is 0 Å². The molecule has 6 nitrogen and oxygen atoms in total. The molecule has 0 aliphatic carbocycles. The van der Waals surface area contributed by atoms with Gasteiger partial charge in [-0.25, -0.2) is 0 Å². The van der Waals surface area contributed by atoms with Crippen LogP contribution in [0.2, 0.25) is 0 Å². The highest BCUT2D eigenvalue weighted by Crippen LogP contribution is 2.36. The first-order valence-corrected chi connectivity index (χ1v) is 12.4. The molecule has 35 heavy (non-hydrogen) atoms. The highest BCUT2D eigenvalue weighted by molar-refractivity contribution is 5.76. The molecule has 9 heteroatoms. The number of carbonyl (C=O) groups is 1. The van der Waals surface area contributed by atoms with Gasteiger partial charge in [-0.3, -0.25) is 4.79 Å². The Balaban J connectivity index is 0. The molecule has 0 aromatic heterocycles. The highest BCUT2D eigenvalue weighted by Gasteiger charge is 2.35. The first kappa shape index (κ1) is 35.5. The second-order valence-corrected chi connectivity index (χ2v) is 7.68. The van der Waals surface area contributed by atoms with Crippen LogP contribution in [0.4, 0.5) is 13.2 Å². The Labute approximate surface area is 209 Å². The number of hydrogen-bond acceptors (Lipinski definition) is 6. The molecule has 1 saturated heterocycles. The highest BCUT2D eigenvalue weighted by atomic mass is 19.4. The molecule has 1 fully saturated rings. The zero-order valence-corrected chi connectivity index (χ0v) is 22.4. The minimum atomic E-state index is -4.62. The van der Waals surface area contributed by atoms with Crippen molar-refractivity contribution >= 4 is 5.78 Å². The molecule has 2 atom stereocenters. The molecule has 1 aliphatic heterocycles. The van der Waals surface area contributed by atoms with Gasteiger partial charge in [-0.05, 0) is 70.2 Å². The fraction of sp³-hybridized carbons (Fsp3) is 0.731. The van der Waals surface area contributed by atoms with Gasteiger partial charge in [0, 0.05) is 25.7 Å². The number of carbonyl (C=O) groups excluding carboxylic acids is 1. The number of aromatic hydroxyl groups is 1. The van der Waals surface area contributed by atoms with Crippen molar-refractivity contribution in [2.75, 3.05) is 27.4 Å². The van der Waals surface area contributed by atoms with E-state index in [1.54, 1.807) is 7.05 Å². The average molecular weight is 510 g/mol. The fourth-order valence-electron chi connectivity index (χ4n) is 3.69. The monoisotopic (exact) mass is 509 g/mol. The van der Waals surface area contributed by atoms with E-state index in [4.69, 9.17) is 14.6 Å². The molecule has 1 aromatic carbocycles. The van der Waals surface area contributed by atoms with Gasteiger partial charge in [-0.15, -0.1) is 0 Å². The summed E-state index contributed by atoms with van der Waals surface area (Å²) in [5, 5.41) is 19.7. The zero-order valence-electron chi connectivity index (χ0n) is 22.4. The summed E-state index contributed by atoms with van der Waals surface area (Å²) in [4.78, 5) is 11.8. The van der Waals surface area contributed by atoms with Crippen LogP contribution in [0.5, 0.6) is 5.75 Å². The van der Waals surface area contributed by atoms with Gasteiger partial charge in [0.25, 0.3) is 0 Å². The van der Waals surface area contributed by atoms with E-state index in [2.05, 4.69) is 5.32 Å². The Morgan fingerprint density at radius 2 is 1.77 bits per heavy atom. The van der Waals surface area contributed by atoms with Gasteiger partial charge in [-0.2, -0.15) is 13.2 Å². The normalized spacial score (nSPS) is 16.8. The molecular weight excluding hydrogens is 463 g/mol. The van der Waals surface area contributed by atoms with E-state index in [0.717, 1.165) is 38.5 Å². The number of aliphatic hydroxyl groups is 1. The second-order valence-electron chi connectivity index (χ2n) is 7.68. The molecule has 206 valence electrons. The molecule has 0 amide bonds. The van der Waals surface area contributed by atoms with Crippen LogP contribution in [-0.2, 0) is 26.9 Å². The van der Waals surface area contributed by atoms with Gasteiger partial charge in [0.1, 0.15) is 11.5 Å². The van der Waals surface area contributed by atoms with Crippen LogP contribution in [0.25, 0.3) is 0 Å². The predicted octanol–water partition coefficient (Wildman–Crippen LogP) is 5.88. The smallest absolute Gasteiger partial charge is 0.419 e. The van der Waals surface area contributed by atoms with Gasteiger partial charge in [0.05, 0.1) is 12.2 Å². The van der Waals surface area contributed by atoms with Gasteiger partial charge in [0.2, 0.25) is 0 Å². The van der Waals surface area contributed by atoms with Crippen LogP contribution in [0, 0.1) is 0 Å². The van der Waals surface area contributed by atoms with Gasteiger partial charge in [0.15, 0.2) is 6.29 Å². The number of Topliss-reactive ketones (excluding diaryl/α,β-unsaturated/α-hetero) is 1. The standard InChI is InChI=1S/C21H30F3NO4.2C2H6.CH4O/c1-15(26)14-20(25-2,10-12-29-19-5-3-4-11-28-19)9-8-16-6-7-18(27)17(13-16)21(22,23)24;3*1-2/h6-7,13,19,25,27H,3-5,8-12,14H2,1-2H3;2*1-2H3;2H,1H3. The molecule has 1 heterocycles.